The van der Waals surface area contributed by atoms with E-state index in [2.05, 4.69) is 6.58 Å². The standard InChI is InChI=1S/C8H14O2/c1-6(2)5-8(9)10-7(3)4/h7H,1,5H2,2-4H3. The van der Waals surface area contributed by atoms with Gasteiger partial charge in [0.2, 0.25) is 0 Å². The van der Waals surface area contributed by atoms with Crippen LogP contribution in [0.15, 0.2) is 12.2 Å². The number of hydrogen-bond donors (Lipinski definition) is 0. The Bertz CT molecular complexity index is 136. The highest BCUT2D eigenvalue weighted by Gasteiger charge is 2.03. The van der Waals surface area contributed by atoms with Crippen LogP contribution >= 0.6 is 0 Å². The first-order valence-corrected chi connectivity index (χ1v) is 3.36. The largest absolute Gasteiger partial charge is 0.463 e. The molecule has 0 radical (unpaired) electrons. The van der Waals surface area contributed by atoms with E-state index in [0.29, 0.717) is 6.42 Å². The summed E-state index contributed by atoms with van der Waals surface area (Å²) in [4.78, 5) is 10.8. The summed E-state index contributed by atoms with van der Waals surface area (Å²) in [5.41, 5.74) is 0.839. The molecule has 0 aromatic rings. The Morgan fingerprint density at radius 2 is 2.10 bits per heavy atom. The van der Waals surface area contributed by atoms with Crippen LogP contribution in [0.4, 0.5) is 0 Å². The third kappa shape index (κ3) is 5.35. The highest BCUT2D eigenvalue weighted by atomic mass is 16.5. The number of carbonyl (C=O) groups excluding carboxylic acids is 1. The van der Waals surface area contributed by atoms with Crippen LogP contribution in [0.1, 0.15) is 27.2 Å². The van der Waals surface area contributed by atoms with Crippen LogP contribution in [0.3, 0.4) is 0 Å². The van der Waals surface area contributed by atoms with Crippen molar-refractivity contribution in [3.05, 3.63) is 12.2 Å². The number of hydrogen-bond acceptors (Lipinski definition) is 2. The predicted octanol–water partition coefficient (Wildman–Crippen LogP) is 1.90. The Labute approximate surface area is 61.9 Å². The van der Waals surface area contributed by atoms with Gasteiger partial charge in [0, 0.05) is 0 Å². The SMILES string of the molecule is C=C(C)CC(=O)OC(C)C. The second kappa shape index (κ2) is 4.09. The Morgan fingerprint density at radius 1 is 1.60 bits per heavy atom. The predicted molar refractivity (Wildman–Crippen MR) is 40.7 cm³/mol. The third-order valence-electron chi connectivity index (χ3n) is 0.813. The van der Waals surface area contributed by atoms with Gasteiger partial charge in [-0.05, 0) is 20.8 Å². The molecular formula is C8H14O2. The topological polar surface area (TPSA) is 26.3 Å². The van der Waals surface area contributed by atoms with E-state index in [0.717, 1.165) is 5.57 Å². The fourth-order valence-corrected chi connectivity index (χ4v) is 0.551. The van der Waals surface area contributed by atoms with Gasteiger partial charge in [-0.2, -0.15) is 0 Å². The molecule has 0 aliphatic rings. The maximum atomic E-state index is 10.8. The normalized spacial score (nSPS) is 9.60. The van der Waals surface area contributed by atoms with Crippen LogP contribution < -0.4 is 0 Å². The van der Waals surface area contributed by atoms with E-state index in [1.165, 1.54) is 0 Å². The zero-order chi connectivity index (χ0) is 8.15. The van der Waals surface area contributed by atoms with Crippen molar-refractivity contribution in [2.45, 2.75) is 33.3 Å². The van der Waals surface area contributed by atoms with Gasteiger partial charge in [-0.25, -0.2) is 0 Å². The summed E-state index contributed by atoms with van der Waals surface area (Å²) in [5, 5.41) is 0. The van der Waals surface area contributed by atoms with Gasteiger partial charge in [0.1, 0.15) is 0 Å². The molecule has 0 rings (SSSR count). The summed E-state index contributed by atoms with van der Waals surface area (Å²) in [6.07, 6.45) is 0.310. The summed E-state index contributed by atoms with van der Waals surface area (Å²) in [6, 6.07) is 0. The average Bonchev–Trinajstić information content (AvgIpc) is 1.58. The number of carbonyl (C=O) groups is 1. The minimum absolute atomic E-state index is 0.0214. The summed E-state index contributed by atoms with van der Waals surface area (Å²) in [5.74, 6) is -0.192. The van der Waals surface area contributed by atoms with Gasteiger partial charge in [-0.15, -0.1) is 0 Å². The molecule has 0 spiro atoms. The average molecular weight is 142 g/mol. The van der Waals surface area contributed by atoms with Gasteiger partial charge in [-0.3, -0.25) is 4.79 Å². The van der Waals surface area contributed by atoms with Gasteiger partial charge in [0.25, 0.3) is 0 Å². The molecule has 0 fully saturated rings. The van der Waals surface area contributed by atoms with Crippen molar-refractivity contribution in [2.75, 3.05) is 0 Å². The van der Waals surface area contributed by atoms with E-state index in [-0.39, 0.29) is 12.1 Å². The third-order valence-corrected chi connectivity index (χ3v) is 0.813. The van der Waals surface area contributed by atoms with Gasteiger partial charge < -0.3 is 4.74 Å². The Morgan fingerprint density at radius 3 is 2.40 bits per heavy atom. The molecular weight excluding hydrogens is 128 g/mol. The fraction of sp³-hybridized carbons (Fsp3) is 0.625. The lowest BCUT2D eigenvalue weighted by Crippen LogP contribution is -2.10. The quantitative estimate of drug-likeness (QED) is 0.444. The summed E-state index contributed by atoms with van der Waals surface area (Å²) >= 11 is 0. The molecule has 0 N–H and O–H groups in total. The fourth-order valence-electron chi connectivity index (χ4n) is 0.551. The first kappa shape index (κ1) is 9.21. The van der Waals surface area contributed by atoms with Gasteiger partial charge in [-0.1, -0.05) is 12.2 Å². The lowest BCUT2D eigenvalue weighted by molar-refractivity contribution is -0.146. The van der Waals surface area contributed by atoms with Gasteiger partial charge >= 0.3 is 5.97 Å². The number of rotatable bonds is 3. The molecule has 2 heteroatoms. The maximum absolute atomic E-state index is 10.8. The summed E-state index contributed by atoms with van der Waals surface area (Å²) in [6.45, 7) is 9.07. The van der Waals surface area contributed by atoms with Gasteiger partial charge in [0.05, 0.1) is 12.5 Å². The molecule has 0 amide bonds. The molecule has 0 aromatic carbocycles. The van der Waals surface area contributed by atoms with Crippen LogP contribution in [0.25, 0.3) is 0 Å². The first-order valence-electron chi connectivity index (χ1n) is 3.36. The van der Waals surface area contributed by atoms with Crippen molar-refractivity contribution >= 4 is 5.97 Å². The summed E-state index contributed by atoms with van der Waals surface area (Å²) < 4.78 is 4.86. The van der Waals surface area contributed by atoms with E-state index in [9.17, 15) is 4.79 Å². The van der Waals surface area contributed by atoms with Crippen molar-refractivity contribution in [1.82, 2.24) is 0 Å². The number of esters is 1. The molecule has 0 aromatic heterocycles. The molecule has 10 heavy (non-hydrogen) atoms. The molecule has 0 heterocycles. The van der Waals surface area contributed by atoms with Crippen molar-refractivity contribution in [1.29, 1.82) is 0 Å². The first-order chi connectivity index (χ1) is 4.52. The molecule has 0 atom stereocenters. The molecule has 0 saturated heterocycles. The van der Waals surface area contributed by atoms with Crippen LogP contribution in [0.2, 0.25) is 0 Å². The van der Waals surface area contributed by atoms with Crippen LogP contribution in [-0.4, -0.2) is 12.1 Å². The Hall–Kier alpha value is -0.790. The van der Waals surface area contributed by atoms with E-state index in [4.69, 9.17) is 4.74 Å². The minimum atomic E-state index is -0.192. The molecule has 0 bridgehead atoms. The second-order valence-corrected chi connectivity index (χ2v) is 2.67. The lowest BCUT2D eigenvalue weighted by atomic mass is 10.2. The summed E-state index contributed by atoms with van der Waals surface area (Å²) in [7, 11) is 0. The molecule has 58 valence electrons. The van der Waals surface area contributed by atoms with Gasteiger partial charge in [0.15, 0.2) is 0 Å². The molecule has 0 aliphatic heterocycles. The van der Waals surface area contributed by atoms with Crippen molar-refractivity contribution in [2.24, 2.45) is 0 Å². The Balaban J connectivity index is 3.54. The second-order valence-electron chi connectivity index (χ2n) is 2.67. The van der Waals surface area contributed by atoms with Crippen LogP contribution in [-0.2, 0) is 9.53 Å². The smallest absolute Gasteiger partial charge is 0.310 e. The molecule has 2 nitrogen and oxygen atoms in total. The molecule has 0 unspecified atom stereocenters. The zero-order valence-electron chi connectivity index (χ0n) is 6.81. The monoisotopic (exact) mass is 142 g/mol. The number of ether oxygens (including phenoxy) is 1. The maximum Gasteiger partial charge on any atom is 0.310 e. The zero-order valence-corrected chi connectivity index (χ0v) is 6.81. The molecule has 0 aliphatic carbocycles. The van der Waals surface area contributed by atoms with E-state index in [1.54, 1.807) is 0 Å². The van der Waals surface area contributed by atoms with E-state index >= 15 is 0 Å². The lowest BCUT2D eigenvalue weighted by Gasteiger charge is -2.06. The van der Waals surface area contributed by atoms with E-state index < -0.39 is 0 Å². The van der Waals surface area contributed by atoms with Crippen molar-refractivity contribution in [3.63, 3.8) is 0 Å². The van der Waals surface area contributed by atoms with Crippen LogP contribution in [0.5, 0.6) is 0 Å². The van der Waals surface area contributed by atoms with E-state index in [1.807, 2.05) is 20.8 Å². The minimum Gasteiger partial charge on any atom is -0.463 e. The highest BCUT2D eigenvalue weighted by molar-refractivity contribution is 5.72. The van der Waals surface area contributed by atoms with Crippen LogP contribution in [0, 0.1) is 0 Å². The Kier molecular flexibility index (Phi) is 3.77. The van der Waals surface area contributed by atoms with Crippen molar-refractivity contribution < 1.29 is 9.53 Å². The van der Waals surface area contributed by atoms with Crippen molar-refractivity contribution in [3.8, 4) is 0 Å². The highest BCUT2D eigenvalue weighted by Crippen LogP contribution is 1.99. The molecule has 0 saturated carbocycles.